The second-order valence-corrected chi connectivity index (χ2v) is 23.5. The van der Waals surface area contributed by atoms with Crippen LogP contribution in [0.1, 0.15) is 135 Å². The van der Waals surface area contributed by atoms with Crippen molar-refractivity contribution in [2.45, 2.75) is 98.4 Å². The number of carbonyl (C=O) groups is 4. The van der Waals surface area contributed by atoms with Crippen LogP contribution in [0.15, 0.2) is 118 Å². The third kappa shape index (κ3) is 18.9. The fraction of sp³-hybridized carbons (Fsp3) is 0.391. The van der Waals surface area contributed by atoms with E-state index < -0.39 is 0 Å². The Kier molecular flexibility index (Phi) is 27.2. The minimum Gasteiger partial charge on any atom is -0.467 e. The Hall–Kier alpha value is -7.23. The molecule has 0 radical (unpaired) electrons. The molecule has 9 rings (SSSR count). The summed E-state index contributed by atoms with van der Waals surface area (Å²) >= 11 is 19.8. The number of benzene rings is 5. The average Bonchev–Trinajstić information content (AvgIpc) is 0.925. The zero-order valence-electron chi connectivity index (χ0n) is 51.9. The second-order valence-electron chi connectivity index (χ2n) is 22.2. The van der Waals surface area contributed by atoms with Crippen LogP contribution in [0.4, 0.5) is 11.4 Å². The topological polar surface area (TPSA) is 249 Å². The van der Waals surface area contributed by atoms with E-state index in [1.807, 2.05) is 117 Å². The first-order valence-corrected chi connectivity index (χ1v) is 31.4. The number of hydrogen-bond donors (Lipinski definition) is 8. The van der Waals surface area contributed by atoms with Crippen molar-refractivity contribution in [3.63, 3.8) is 0 Å². The molecule has 2 saturated heterocycles. The fourth-order valence-electron chi connectivity index (χ4n) is 11.6. The van der Waals surface area contributed by atoms with Crippen molar-refractivity contribution in [1.82, 2.24) is 21.3 Å². The highest BCUT2D eigenvalue weighted by atomic mass is 35.5. The normalized spacial score (nSPS) is 14.3. The number of carbonyl (C=O) groups excluding carboxylic acids is 4. The Morgan fingerprint density at radius 2 is 0.867 bits per heavy atom. The van der Waals surface area contributed by atoms with Crippen LogP contribution >= 0.6 is 34.8 Å². The number of amides is 4. The summed E-state index contributed by atoms with van der Waals surface area (Å²) in [5.41, 5.74) is 11.2. The molecule has 2 aliphatic heterocycles. The van der Waals surface area contributed by atoms with Gasteiger partial charge in [-0.2, -0.15) is 0 Å². The lowest BCUT2D eigenvalue weighted by Crippen LogP contribution is -2.35. The summed E-state index contributed by atoms with van der Waals surface area (Å²) in [5.74, 6) is 0.285. The molecule has 4 amide bonds. The lowest BCUT2D eigenvalue weighted by atomic mass is 9.84. The summed E-state index contributed by atoms with van der Waals surface area (Å²) in [6, 6.07) is 29.8. The quantitative estimate of drug-likeness (QED) is 0.0248. The number of hydrogen-bond acceptors (Lipinski definition) is 14. The van der Waals surface area contributed by atoms with Crippen LogP contribution in [0, 0.1) is 41.5 Å². The molecule has 18 nitrogen and oxygen atoms in total. The van der Waals surface area contributed by atoms with Gasteiger partial charge in [-0.1, -0.05) is 71.2 Å². The number of ether oxygens (including phenoxy) is 2. The van der Waals surface area contributed by atoms with E-state index in [9.17, 15) is 39.6 Å². The van der Waals surface area contributed by atoms with Crippen molar-refractivity contribution in [2.24, 2.45) is 0 Å². The van der Waals surface area contributed by atoms with Gasteiger partial charge in [-0.05, 0) is 178 Å². The van der Waals surface area contributed by atoms with Crippen molar-refractivity contribution in [3.8, 4) is 0 Å². The summed E-state index contributed by atoms with van der Waals surface area (Å²) in [6.45, 7) is 15.7. The summed E-state index contributed by atoms with van der Waals surface area (Å²) in [6.07, 6.45) is 7.34. The van der Waals surface area contributed by atoms with E-state index in [1.54, 1.807) is 43.7 Å². The summed E-state index contributed by atoms with van der Waals surface area (Å²) in [7, 11) is 0. The number of nitrogens with zero attached hydrogens (tertiary/aromatic N) is 2. The van der Waals surface area contributed by atoms with Crippen LogP contribution in [0.5, 0.6) is 0 Å². The molecular weight excluding hydrogens is 1210 g/mol. The van der Waals surface area contributed by atoms with Crippen molar-refractivity contribution < 1.29 is 57.9 Å². The van der Waals surface area contributed by atoms with E-state index in [-0.39, 0.29) is 68.2 Å². The van der Waals surface area contributed by atoms with Crippen LogP contribution in [-0.4, -0.2) is 135 Å². The van der Waals surface area contributed by atoms with E-state index in [0.29, 0.717) is 107 Å². The first-order valence-electron chi connectivity index (χ1n) is 30.3. The molecule has 4 heterocycles. The molecule has 7 aromatic rings. The highest BCUT2D eigenvalue weighted by Crippen LogP contribution is 2.42. The van der Waals surface area contributed by atoms with Gasteiger partial charge < -0.3 is 69.8 Å². The minimum absolute atomic E-state index is 0.0433. The van der Waals surface area contributed by atoms with Gasteiger partial charge in [-0.3, -0.25) is 19.2 Å². The average molecular weight is 1290 g/mol. The van der Waals surface area contributed by atoms with Crippen LogP contribution in [-0.2, 0) is 22.6 Å². The first kappa shape index (κ1) is 70.2. The number of aliphatic hydroxyl groups is 4. The first-order chi connectivity index (χ1) is 43.4. The maximum absolute atomic E-state index is 12.8. The molecule has 90 heavy (non-hydrogen) atoms. The number of furan rings is 2. The second kappa shape index (κ2) is 34.8. The molecular formula is C69H83Cl3N6O12. The zero-order valence-corrected chi connectivity index (χ0v) is 54.2. The number of rotatable bonds is 25. The van der Waals surface area contributed by atoms with Gasteiger partial charge in [0.2, 0.25) is 0 Å². The van der Waals surface area contributed by atoms with E-state index in [4.69, 9.17) is 53.1 Å². The van der Waals surface area contributed by atoms with E-state index in [0.717, 1.165) is 94.8 Å². The maximum atomic E-state index is 12.8. The SMILES string of the molecule is Cc1cc(C)c(C(=O)NCC2CCCO2)c(C)c1C(=O)NCC1CCCO1.Cc1cc(C)c(C(=O)NCc2ccco2)c(C)c1C(=O)NCc1ccco1.OCCN(CCO)c1ccc(C(c2ccc(Cl)cc2)c2ccc(N(CCO)CCO)cc2Cl)c(Cl)c1. The molecule has 2 fully saturated rings. The van der Waals surface area contributed by atoms with Gasteiger partial charge in [0, 0.05) is 107 Å². The van der Waals surface area contributed by atoms with Crippen LogP contribution in [0.3, 0.4) is 0 Å². The van der Waals surface area contributed by atoms with Gasteiger partial charge in [0.05, 0.1) is 64.3 Å². The largest absolute Gasteiger partial charge is 0.467 e. The van der Waals surface area contributed by atoms with Crippen molar-refractivity contribution in [2.75, 3.05) is 88.7 Å². The smallest absolute Gasteiger partial charge is 0.252 e. The summed E-state index contributed by atoms with van der Waals surface area (Å²) in [5, 5.41) is 50.9. The van der Waals surface area contributed by atoms with E-state index in [2.05, 4.69) is 21.3 Å². The predicted molar refractivity (Wildman–Crippen MR) is 352 cm³/mol. The monoisotopic (exact) mass is 1290 g/mol. The Bertz CT molecular complexity index is 3270. The zero-order chi connectivity index (χ0) is 64.9. The predicted octanol–water partition coefficient (Wildman–Crippen LogP) is 10.5. The van der Waals surface area contributed by atoms with Gasteiger partial charge >= 0.3 is 0 Å². The van der Waals surface area contributed by atoms with Crippen LogP contribution in [0.2, 0.25) is 15.1 Å². The Balaban J connectivity index is 0.000000195. The standard InChI is InChI=1S/C27H31Cl3N2O4.C21H30N2O4.C21H22N2O4/c28-20-3-1-19(2-4-20)27(23-7-5-21(17-25(23)29)31(9-13-33)10-14-34)24-8-6-22(18-26(24)30)32(11-15-35)12-16-36;2*1-13-10-14(2)19(21(25)23-12-17-7-5-9-27-17)15(3)18(13)20(24)22-11-16-6-4-8-26-16/h1-8,17-18,27,33-36H,9-16H2;10,16-17H,4-9,11-12H2,1-3H3,(H,22,24)(H,23,25);4-10H,11-12H2,1-3H3,(H,22,24)(H,23,25). The third-order valence-electron chi connectivity index (χ3n) is 15.9. The van der Waals surface area contributed by atoms with Gasteiger partial charge in [-0.25, -0.2) is 0 Å². The fourth-order valence-corrected chi connectivity index (χ4v) is 12.3. The molecule has 0 spiro atoms. The molecule has 8 N–H and O–H groups in total. The molecule has 2 aliphatic rings. The number of halogens is 3. The lowest BCUT2D eigenvalue weighted by Gasteiger charge is -2.27. The van der Waals surface area contributed by atoms with E-state index >= 15 is 0 Å². The van der Waals surface area contributed by atoms with Gasteiger partial charge in [0.25, 0.3) is 23.6 Å². The van der Waals surface area contributed by atoms with Crippen molar-refractivity contribution >= 4 is 69.8 Å². The van der Waals surface area contributed by atoms with Crippen molar-refractivity contribution in [1.29, 1.82) is 0 Å². The number of nitrogens with one attached hydrogen (secondary N) is 4. The van der Waals surface area contributed by atoms with Crippen LogP contribution in [0.25, 0.3) is 0 Å². The molecule has 2 atom stereocenters. The molecule has 21 heteroatoms. The molecule has 2 aromatic heterocycles. The molecule has 0 aliphatic carbocycles. The highest BCUT2D eigenvalue weighted by molar-refractivity contribution is 6.33. The van der Waals surface area contributed by atoms with Gasteiger partial charge in [-0.15, -0.1) is 0 Å². The number of aryl methyl sites for hydroxylation is 4. The molecule has 2 unspecified atom stereocenters. The summed E-state index contributed by atoms with van der Waals surface area (Å²) in [4.78, 5) is 54.7. The van der Waals surface area contributed by atoms with Gasteiger partial charge in [0.1, 0.15) is 11.5 Å². The van der Waals surface area contributed by atoms with Crippen LogP contribution < -0.4 is 31.1 Å². The summed E-state index contributed by atoms with van der Waals surface area (Å²) < 4.78 is 21.6. The maximum Gasteiger partial charge on any atom is 0.252 e. The molecule has 0 saturated carbocycles. The Labute approximate surface area is 541 Å². The molecule has 0 bridgehead atoms. The van der Waals surface area contributed by atoms with Crippen molar-refractivity contribution in [3.05, 3.63) is 209 Å². The minimum atomic E-state index is -0.293. The number of anilines is 2. The highest BCUT2D eigenvalue weighted by Gasteiger charge is 2.27. The number of aliphatic hydroxyl groups excluding tert-OH is 4. The lowest BCUT2D eigenvalue weighted by molar-refractivity contribution is 0.0852. The van der Waals surface area contributed by atoms with Gasteiger partial charge in [0.15, 0.2) is 0 Å². The molecule has 482 valence electrons. The van der Waals surface area contributed by atoms with E-state index in [1.165, 1.54) is 0 Å². The molecule has 5 aromatic carbocycles. The Morgan fingerprint density at radius 1 is 0.500 bits per heavy atom. The third-order valence-corrected chi connectivity index (χ3v) is 16.8. The Morgan fingerprint density at radius 3 is 1.18 bits per heavy atom.